The van der Waals surface area contributed by atoms with Crippen molar-refractivity contribution < 1.29 is 9.53 Å². The van der Waals surface area contributed by atoms with E-state index in [2.05, 4.69) is 47.5 Å². The fraction of sp³-hybridized carbons (Fsp3) is 0.594. The molecule has 5 rings (SSSR count). The maximum absolute atomic E-state index is 12.9. The molecule has 0 bridgehead atoms. The molecule has 0 spiro atoms. The number of amides is 1. The van der Waals surface area contributed by atoms with Gasteiger partial charge in [-0.1, -0.05) is 73.5 Å². The Hall–Kier alpha value is -2.37. The quantitative estimate of drug-likeness (QED) is 0.442. The molecule has 1 heterocycles. The highest BCUT2D eigenvalue weighted by Gasteiger charge is 2.38. The van der Waals surface area contributed by atoms with Crippen molar-refractivity contribution >= 4 is 6.09 Å². The van der Waals surface area contributed by atoms with E-state index in [0.29, 0.717) is 31.0 Å². The average Bonchev–Trinajstić information content (AvgIpc) is 3.60. The molecule has 3 atom stereocenters. The summed E-state index contributed by atoms with van der Waals surface area (Å²) in [6.45, 7) is 6.40. The van der Waals surface area contributed by atoms with Gasteiger partial charge in [0.25, 0.3) is 0 Å². The molecular formula is C32H45N3O2. The lowest BCUT2D eigenvalue weighted by Crippen LogP contribution is -2.48. The standard InChI is InChI=1S/C32H45N3O2/c1-2-35(32(36)37-24-25-11-5-3-6-12-25)30-17-19-34(20-18-30)23-27-21-29(33-28-15-9-10-16-28)22-31(27)26-13-7-4-8-14-26/h3-8,11-14,27-31,33H,2,9-10,15-24H2,1H3/t27-,29?,31-/m1/s1. The van der Waals surface area contributed by atoms with Crippen LogP contribution in [0.2, 0.25) is 0 Å². The van der Waals surface area contributed by atoms with E-state index >= 15 is 0 Å². The van der Waals surface area contributed by atoms with E-state index in [4.69, 9.17) is 4.74 Å². The SMILES string of the molecule is CCN(C(=O)OCc1ccccc1)C1CCN(C[C@H]2CC(NC3CCCC3)C[C@@H]2c2ccccc2)CC1. The highest BCUT2D eigenvalue weighted by molar-refractivity contribution is 5.68. The fourth-order valence-electron chi connectivity index (χ4n) is 7.08. The summed E-state index contributed by atoms with van der Waals surface area (Å²) in [5.74, 6) is 1.33. The number of nitrogens with zero attached hydrogens (tertiary/aromatic N) is 2. The normalized spacial score (nSPS) is 25.4. The Kier molecular flexibility index (Phi) is 9.17. The molecule has 1 unspecified atom stereocenters. The number of rotatable bonds is 9. The number of nitrogens with one attached hydrogen (secondary N) is 1. The molecule has 3 fully saturated rings. The van der Waals surface area contributed by atoms with Gasteiger partial charge in [0.15, 0.2) is 0 Å². The molecule has 5 heteroatoms. The van der Waals surface area contributed by atoms with Crippen LogP contribution in [0.15, 0.2) is 60.7 Å². The predicted molar refractivity (Wildman–Crippen MR) is 150 cm³/mol. The first-order valence-corrected chi connectivity index (χ1v) is 14.7. The van der Waals surface area contributed by atoms with Gasteiger partial charge >= 0.3 is 6.09 Å². The molecule has 2 saturated carbocycles. The summed E-state index contributed by atoms with van der Waals surface area (Å²) < 4.78 is 5.66. The molecule has 0 radical (unpaired) electrons. The number of piperidine rings is 1. The van der Waals surface area contributed by atoms with Gasteiger partial charge in [0, 0.05) is 44.3 Å². The Bertz CT molecular complexity index is 955. The van der Waals surface area contributed by atoms with Crippen LogP contribution in [0.25, 0.3) is 0 Å². The monoisotopic (exact) mass is 503 g/mol. The number of hydrogen-bond donors (Lipinski definition) is 1. The number of ether oxygens (including phenoxy) is 1. The lowest BCUT2D eigenvalue weighted by molar-refractivity contribution is 0.0602. The predicted octanol–water partition coefficient (Wildman–Crippen LogP) is 6.20. The van der Waals surface area contributed by atoms with Crippen LogP contribution >= 0.6 is 0 Å². The van der Waals surface area contributed by atoms with Crippen LogP contribution in [-0.2, 0) is 11.3 Å². The molecule has 1 aliphatic heterocycles. The molecule has 1 saturated heterocycles. The number of likely N-dealkylation sites (tertiary alicyclic amines) is 1. The summed E-state index contributed by atoms with van der Waals surface area (Å²) in [6.07, 6.45) is 9.91. The third kappa shape index (κ3) is 6.94. The summed E-state index contributed by atoms with van der Waals surface area (Å²) >= 11 is 0. The van der Waals surface area contributed by atoms with Crippen molar-refractivity contribution in [3.8, 4) is 0 Å². The van der Waals surface area contributed by atoms with Crippen molar-refractivity contribution in [2.75, 3.05) is 26.2 Å². The maximum atomic E-state index is 12.9. The van der Waals surface area contributed by atoms with Gasteiger partial charge in [-0.3, -0.25) is 0 Å². The lowest BCUT2D eigenvalue weighted by atomic mass is 9.88. The molecule has 2 aromatic rings. The summed E-state index contributed by atoms with van der Waals surface area (Å²) in [4.78, 5) is 17.5. The number of benzene rings is 2. The number of hydrogen-bond acceptors (Lipinski definition) is 4. The Balaban J connectivity index is 1.14. The Labute approximate surface area is 223 Å². The van der Waals surface area contributed by atoms with Crippen molar-refractivity contribution in [2.45, 2.75) is 88.9 Å². The maximum Gasteiger partial charge on any atom is 0.410 e. The third-order valence-electron chi connectivity index (χ3n) is 9.02. The smallest absolute Gasteiger partial charge is 0.410 e. The minimum absolute atomic E-state index is 0.175. The van der Waals surface area contributed by atoms with Crippen molar-refractivity contribution in [2.24, 2.45) is 5.92 Å². The van der Waals surface area contributed by atoms with Gasteiger partial charge in [0.1, 0.15) is 6.61 Å². The van der Waals surface area contributed by atoms with E-state index in [9.17, 15) is 4.79 Å². The van der Waals surface area contributed by atoms with E-state index < -0.39 is 0 Å². The van der Waals surface area contributed by atoms with Crippen LogP contribution in [0.5, 0.6) is 0 Å². The first-order chi connectivity index (χ1) is 18.2. The van der Waals surface area contributed by atoms with Crippen LogP contribution in [0.4, 0.5) is 4.79 Å². The Morgan fingerprint density at radius 2 is 1.59 bits per heavy atom. The first-order valence-electron chi connectivity index (χ1n) is 14.7. The molecule has 0 aromatic heterocycles. The number of carbonyl (C=O) groups excluding carboxylic acids is 1. The van der Waals surface area contributed by atoms with Gasteiger partial charge in [-0.2, -0.15) is 0 Å². The van der Waals surface area contributed by atoms with Gasteiger partial charge in [-0.25, -0.2) is 4.79 Å². The van der Waals surface area contributed by atoms with E-state index in [1.807, 2.05) is 35.2 Å². The van der Waals surface area contributed by atoms with Crippen molar-refractivity contribution in [3.05, 3.63) is 71.8 Å². The van der Waals surface area contributed by atoms with Crippen molar-refractivity contribution in [1.82, 2.24) is 15.1 Å². The molecule has 200 valence electrons. The van der Waals surface area contributed by atoms with Crippen molar-refractivity contribution in [1.29, 1.82) is 0 Å². The molecular weight excluding hydrogens is 458 g/mol. The largest absolute Gasteiger partial charge is 0.445 e. The Morgan fingerprint density at radius 3 is 2.27 bits per heavy atom. The van der Waals surface area contributed by atoms with E-state index in [1.165, 1.54) is 50.6 Å². The van der Waals surface area contributed by atoms with E-state index in [0.717, 1.165) is 37.5 Å². The van der Waals surface area contributed by atoms with Gasteiger partial charge in [-0.15, -0.1) is 0 Å². The molecule has 3 aliphatic rings. The highest BCUT2D eigenvalue weighted by Crippen LogP contribution is 2.41. The first kappa shape index (κ1) is 26.2. The van der Waals surface area contributed by atoms with Crippen LogP contribution in [0.3, 0.4) is 0 Å². The molecule has 2 aliphatic carbocycles. The second-order valence-electron chi connectivity index (χ2n) is 11.5. The summed E-state index contributed by atoms with van der Waals surface area (Å²) in [6, 6.07) is 22.8. The molecule has 2 aromatic carbocycles. The lowest BCUT2D eigenvalue weighted by Gasteiger charge is -2.39. The van der Waals surface area contributed by atoms with Crippen LogP contribution in [0, 0.1) is 5.92 Å². The summed E-state index contributed by atoms with van der Waals surface area (Å²) in [5.41, 5.74) is 2.54. The molecule has 37 heavy (non-hydrogen) atoms. The molecule has 1 N–H and O–H groups in total. The number of carbonyl (C=O) groups is 1. The zero-order valence-electron chi connectivity index (χ0n) is 22.6. The average molecular weight is 504 g/mol. The fourth-order valence-corrected chi connectivity index (χ4v) is 7.08. The second kappa shape index (κ2) is 12.9. The zero-order chi connectivity index (χ0) is 25.5. The van der Waals surface area contributed by atoms with Crippen molar-refractivity contribution in [3.63, 3.8) is 0 Å². The van der Waals surface area contributed by atoms with E-state index in [1.54, 1.807) is 0 Å². The molecule has 1 amide bonds. The summed E-state index contributed by atoms with van der Waals surface area (Å²) in [5, 5.41) is 4.03. The van der Waals surface area contributed by atoms with Gasteiger partial charge < -0.3 is 19.9 Å². The van der Waals surface area contributed by atoms with Crippen LogP contribution in [0.1, 0.15) is 75.3 Å². The topological polar surface area (TPSA) is 44.8 Å². The summed E-state index contributed by atoms with van der Waals surface area (Å²) in [7, 11) is 0. The second-order valence-corrected chi connectivity index (χ2v) is 11.5. The third-order valence-corrected chi connectivity index (χ3v) is 9.02. The molecule has 5 nitrogen and oxygen atoms in total. The minimum atomic E-state index is -0.175. The van der Waals surface area contributed by atoms with Crippen LogP contribution in [-0.4, -0.2) is 60.2 Å². The highest BCUT2D eigenvalue weighted by atomic mass is 16.6. The minimum Gasteiger partial charge on any atom is -0.445 e. The Morgan fingerprint density at radius 1 is 0.919 bits per heavy atom. The van der Waals surface area contributed by atoms with E-state index in [-0.39, 0.29) is 12.1 Å². The zero-order valence-corrected chi connectivity index (χ0v) is 22.6. The van der Waals surface area contributed by atoms with Gasteiger partial charge in [-0.05, 0) is 68.4 Å². The van der Waals surface area contributed by atoms with Gasteiger partial charge in [0.2, 0.25) is 0 Å². The van der Waals surface area contributed by atoms with Gasteiger partial charge in [0.05, 0.1) is 0 Å². The van der Waals surface area contributed by atoms with Crippen LogP contribution < -0.4 is 5.32 Å².